The molecule has 1 amide bonds. The van der Waals surface area contributed by atoms with Gasteiger partial charge in [-0.15, -0.1) is 24.8 Å². The summed E-state index contributed by atoms with van der Waals surface area (Å²) in [4.78, 5) is 19.2. The molecule has 0 spiro atoms. The van der Waals surface area contributed by atoms with Crippen molar-refractivity contribution in [2.75, 3.05) is 57.3 Å². The predicted octanol–water partition coefficient (Wildman–Crippen LogP) is 1.86. The molecule has 25 heavy (non-hydrogen) atoms. The van der Waals surface area contributed by atoms with Crippen LogP contribution < -0.4 is 10.2 Å². The van der Waals surface area contributed by atoms with Crippen LogP contribution in [0, 0.1) is 0 Å². The van der Waals surface area contributed by atoms with Crippen molar-refractivity contribution in [1.82, 2.24) is 15.1 Å². The van der Waals surface area contributed by atoms with E-state index in [4.69, 9.17) is 0 Å². The highest BCUT2D eigenvalue weighted by Gasteiger charge is 2.22. The minimum Gasteiger partial charge on any atom is -0.369 e. The van der Waals surface area contributed by atoms with Gasteiger partial charge in [0.15, 0.2) is 0 Å². The Balaban J connectivity index is 0.00000156. The number of amides is 1. The molecule has 0 radical (unpaired) electrons. The zero-order chi connectivity index (χ0) is 16.1. The molecule has 2 aliphatic rings. The molecular formula is C18H30Cl2N4O. The van der Waals surface area contributed by atoms with Gasteiger partial charge in [0.1, 0.15) is 0 Å². The third-order valence-corrected chi connectivity index (χ3v) is 4.86. The highest BCUT2D eigenvalue weighted by Crippen LogP contribution is 2.15. The first-order chi connectivity index (χ1) is 11.2. The first-order valence-electron chi connectivity index (χ1n) is 8.76. The van der Waals surface area contributed by atoms with Crippen molar-refractivity contribution in [2.24, 2.45) is 0 Å². The van der Waals surface area contributed by atoms with Gasteiger partial charge in [0.2, 0.25) is 5.91 Å². The predicted molar refractivity (Wildman–Crippen MR) is 108 cm³/mol. The summed E-state index contributed by atoms with van der Waals surface area (Å²) in [5, 5.41) is 3.38. The Kier molecular flexibility index (Phi) is 9.57. The van der Waals surface area contributed by atoms with Crippen molar-refractivity contribution in [3.05, 3.63) is 30.3 Å². The average Bonchev–Trinajstić information content (AvgIpc) is 2.61. The van der Waals surface area contributed by atoms with Crippen LogP contribution in [-0.2, 0) is 4.79 Å². The van der Waals surface area contributed by atoms with Gasteiger partial charge in [-0.05, 0) is 19.1 Å². The number of hydrogen-bond donors (Lipinski definition) is 1. The largest absolute Gasteiger partial charge is 0.369 e. The Bertz CT molecular complexity index is 509. The minimum atomic E-state index is 0. The summed E-state index contributed by atoms with van der Waals surface area (Å²) in [6, 6.07) is 11.0. The molecule has 0 saturated carbocycles. The van der Waals surface area contributed by atoms with Gasteiger partial charge >= 0.3 is 0 Å². The molecule has 2 fully saturated rings. The highest BCUT2D eigenvalue weighted by atomic mass is 35.5. The number of nitrogens with one attached hydrogen (secondary N) is 1. The topological polar surface area (TPSA) is 38.8 Å². The number of hydrogen-bond acceptors (Lipinski definition) is 4. The van der Waals surface area contributed by atoms with Crippen LogP contribution in [0.5, 0.6) is 0 Å². The SMILES string of the molecule is CC1CN(C(=O)CCN2CCN(c3ccccc3)CC2)CCN1.Cl.Cl. The zero-order valence-electron chi connectivity index (χ0n) is 14.9. The van der Waals surface area contributed by atoms with E-state index in [1.165, 1.54) is 5.69 Å². The summed E-state index contributed by atoms with van der Waals surface area (Å²) in [6.45, 7) is 9.82. The number of nitrogens with zero attached hydrogens (tertiary/aromatic N) is 3. The first kappa shape index (κ1) is 22.0. The molecule has 1 N–H and O–H groups in total. The van der Waals surface area contributed by atoms with Gasteiger partial charge in [0.25, 0.3) is 0 Å². The summed E-state index contributed by atoms with van der Waals surface area (Å²) in [5.41, 5.74) is 1.30. The average molecular weight is 389 g/mol. The molecule has 1 unspecified atom stereocenters. The fraction of sp³-hybridized carbons (Fsp3) is 0.611. The van der Waals surface area contributed by atoms with Gasteiger partial charge in [-0.1, -0.05) is 18.2 Å². The molecule has 1 aromatic carbocycles. The van der Waals surface area contributed by atoms with Crippen LogP contribution in [0.2, 0.25) is 0 Å². The van der Waals surface area contributed by atoms with Crippen molar-refractivity contribution in [1.29, 1.82) is 0 Å². The summed E-state index contributed by atoms with van der Waals surface area (Å²) < 4.78 is 0. The minimum absolute atomic E-state index is 0. The molecule has 142 valence electrons. The van der Waals surface area contributed by atoms with Gasteiger partial charge in [-0.3, -0.25) is 9.69 Å². The van der Waals surface area contributed by atoms with Gasteiger partial charge in [0, 0.05) is 70.5 Å². The molecule has 5 nitrogen and oxygen atoms in total. The van der Waals surface area contributed by atoms with E-state index >= 15 is 0 Å². The molecule has 0 aromatic heterocycles. The Morgan fingerprint density at radius 2 is 1.76 bits per heavy atom. The molecular weight excluding hydrogens is 359 g/mol. The van der Waals surface area contributed by atoms with E-state index in [-0.39, 0.29) is 24.8 Å². The third kappa shape index (κ3) is 6.33. The number of halogens is 2. The fourth-order valence-electron chi connectivity index (χ4n) is 3.44. The molecule has 2 heterocycles. The van der Waals surface area contributed by atoms with E-state index < -0.39 is 0 Å². The number of carbonyl (C=O) groups excluding carboxylic acids is 1. The Morgan fingerprint density at radius 1 is 1.08 bits per heavy atom. The van der Waals surface area contributed by atoms with Crippen LogP contribution in [0.4, 0.5) is 5.69 Å². The normalized spacial score (nSPS) is 21.2. The van der Waals surface area contributed by atoms with Gasteiger partial charge in [-0.25, -0.2) is 0 Å². The Hall–Kier alpha value is -1.01. The maximum atomic E-state index is 12.3. The lowest BCUT2D eigenvalue weighted by molar-refractivity contribution is -0.132. The zero-order valence-corrected chi connectivity index (χ0v) is 16.5. The second-order valence-corrected chi connectivity index (χ2v) is 6.61. The van der Waals surface area contributed by atoms with Crippen LogP contribution in [0.3, 0.4) is 0 Å². The number of rotatable bonds is 4. The van der Waals surface area contributed by atoms with E-state index in [0.717, 1.165) is 52.4 Å². The lowest BCUT2D eigenvalue weighted by Gasteiger charge is -2.37. The lowest BCUT2D eigenvalue weighted by atomic mass is 10.2. The van der Waals surface area contributed by atoms with Crippen LogP contribution in [0.15, 0.2) is 30.3 Å². The molecule has 0 bridgehead atoms. The highest BCUT2D eigenvalue weighted by molar-refractivity contribution is 5.85. The summed E-state index contributed by atoms with van der Waals surface area (Å²) in [7, 11) is 0. The van der Waals surface area contributed by atoms with Crippen LogP contribution in [-0.4, -0.2) is 74.1 Å². The van der Waals surface area contributed by atoms with Crippen LogP contribution in [0.1, 0.15) is 13.3 Å². The van der Waals surface area contributed by atoms with Gasteiger partial charge in [0.05, 0.1) is 0 Å². The molecule has 3 rings (SSSR count). The molecule has 7 heteroatoms. The molecule has 1 aromatic rings. The van der Waals surface area contributed by atoms with Crippen molar-refractivity contribution in [2.45, 2.75) is 19.4 Å². The summed E-state index contributed by atoms with van der Waals surface area (Å²) >= 11 is 0. The first-order valence-corrected chi connectivity index (χ1v) is 8.76. The van der Waals surface area contributed by atoms with Gasteiger partial charge < -0.3 is 15.1 Å². The smallest absolute Gasteiger partial charge is 0.223 e. The number of carbonyl (C=O) groups is 1. The van der Waals surface area contributed by atoms with E-state index in [2.05, 4.69) is 52.4 Å². The van der Waals surface area contributed by atoms with Crippen molar-refractivity contribution in [3.8, 4) is 0 Å². The van der Waals surface area contributed by atoms with Crippen molar-refractivity contribution >= 4 is 36.4 Å². The maximum Gasteiger partial charge on any atom is 0.223 e. The summed E-state index contributed by atoms with van der Waals surface area (Å²) in [6.07, 6.45) is 0.651. The second kappa shape index (κ2) is 10.9. The van der Waals surface area contributed by atoms with Crippen LogP contribution >= 0.6 is 24.8 Å². The fourth-order valence-corrected chi connectivity index (χ4v) is 3.44. The number of anilines is 1. The van der Waals surface area contributed by atoms with E-state index in [9.17, 15) is 4.79 Å². The third-order valence-electron chi connectivity index (χ3n) is 4.86. The lowest BCUT2D eigenvalue weighted by Crippen LogP contribution is -2.52. The number of benzene rings is 1. The van der Waals surface area contributed by atoms with Crippen molar-refractivity contribution in [3.63, 3.8) is 0 Å². The number of para-hydroxylation sites is 1. The molecule has 2 aliphatic heterocycles. The monoisotopic (exact) mass is 388 g/mol. The van der Waals surface area contributed by atoms with Crippen molar-refractivity contribution < 1.29 is 4.79 Å². The van der Waals surface area contributed by atoms with E-state index in [0.29, 0.717) is 18.4 Å². The molecule has 1 atom stereocenters. The van der Waals surface area contributed by atoms with Gasteiger partial charge in [-0.2, -0.15) is 0 Å². The second-order valence-electron chi connectivity index (χ2n) is 6.61. The maximum absolute atomic E-state index is 12.3. The molecule has 0 aliphatic carbocycles. The van der Waals surface area contributed by atoms with E-state index in [1.807, 2.05) is 4.90 Å². The summed E-state index contributed by atoms with van der Waals surface area (Å²) in [5.74, 6) is 0.309. The number of piperazine rings is 2. The Labute approximate surface area is 163 Å². The standard InChI is InChI=1S/C18H28N4O.2ClH/c1-16-15-22(10-8-19-16)18(23)7-9-20-11-13-21(14-12-20)17-5-3-2-4-6-17;;/h2-6,16,19H,7-15H2,1H3;2*1H. The van der Waals surface area contributed by atoms with Crippen LogP contribution in [0.25, 0.3) is 0 Å². The van der Waals surface area contributed by atoms with E-state index in [1.54, 1.807) is 0 Å². The Morgan fingerprint density at radius 3 is 2.40 bits per heavy atom. The quantitative estimate of drug-likeness (QED) is 0.854. The molecule has 2 saturated heterocycles.